The summed E-state index contributed by atoms with van der Waals surface area (Å²) >= 11 is 3.62. The maximum Gasteiger partial charge on any atom is 0.229 e. The summed E-state index contributed by atoms with van der Waals surface area (Å²) in [6, 6.07) is 12.2. The molecule has 13 heteroatoms. The fourth-order valence-electron chi connectivity index (χ4n) is 6.06. The molecule has 0 spiro atoms. The summed E-state index contributed by atoms with van der Waals surface area (Å²) in [5, 5.41) is 13.0. The summed E-state index contributed by atoms with van der Waals surface area (Å²) in [5.74, 6) is 2.11. The molecule has 0 unspecified atom stereocenters. The predicted molar refractivity (Wildman–Crippen MR) is 192 cm³/mol. The van der Waals surface area contributed by atoms with Crippen LogP contribution in [-0.4, -0.2) is 71.5 Å². The van der Waals surface area contributed by atoms with E-state index in [2.05, 4.69) is 72.9 Å². The molecule has 7 rings (SSSR count). The maximum absolute atomic E-state index is 13.7. The second-order valence-electron chi connectivity index (χ2n) is 12.3. The van der Waals surface area contributed by atoms with E-state index < -0.39 is 7.14 Å². The van der Waals surface area contributed by atoms with Gasteiger partial charge in [0.15, 0.2) is 0 Å². The van der Waals surface area contributed by atoms with Gasteiger partial charge in [0.1, 0.15) is 18.7 Å². The molecule has 47 heavy (non-hydrogen) atoms. The highest BCUT2D eigenvalue weighted by molar-refractivity contribution is 9.10. The van der Waals surface area contributed by atoms with Crippen molar-refractivity contribution in [1.29, 1.82) is 0 Å². The summed E-state index contributed by atoms with van der Waals surface area (Å²) in [7, 11) is -1.06. The second-order valence-corrected chi connectivity index (χ2v) is 16.3. The summed E-state index contributed by atoms with van der Waals surface area (Å²) in [6.07, 6.45) is 7.99. The molecule has 4 heterocycles. The van der Waals surface area contributed by atoms with Gasteiger partial charge in [-0.1, -0.05) is 6.07 Å². The van der Waals surface area contributed by atoms with E-state index in [0.29, 0.717) is 46.8 Å². The number of aromatic nitrogens is 5. The Labute approximate surface area is 282 Å². The third-order valence-corrected chi connectivity index (χ3v) is 10.7. The van der Waals surface area contributed by atoms with E-state index in [-0.39, 0.29) is 0 Å². The Morgan fingerprint density at radius 1 is 1.04 bits per heavy atom. The number of benzene rings is 2. The molecule has 2 aromatic carbocycles. The molecule has 1 aliphatic heterocycles. The van der Waals surface area contributed by atoms with Crippen molar-refractivity contribution in [3.63, 3.8) is 0 Å². The molecule has 0 atom stereocenters. The van der Waals surface area contributed by atoms with Gasteiger partial charge < -0.3 is 29.6 Å². The molecule has 2 fully saturated rings. The number of pyridine rings is 1. The van der Waals surface area contributed by atoms with Crippen LogP contribution >= 0.6 is 23.1 Å². The second kappa shape index (κ2) is 12.9. The quantitative estimate of drug-likeness (QED) is 0.145. The lowest BCUT2D eigenvalue weighted by atomic mass is 10.0. The van der Waals surface area contributed by atoms with Crippen molar-refractivity contribution in [2.24, 2.45) is 0 Å². The fraction of sp³-hybridized carbons (Fsp3) is 0.353. The average molecular weight is 718 g/mol. The van der Waals surface area contributed by atoms with Crippen molar-refractivity contribution in [3.8, 4) is 16.9 Å². The van der Waals surface area contributed by atoms with Crippen molar-refractivity contribution < 1.29 is 14.0 Å². The fourth-order valence-corrected chi connectivity index (χ4v) is 7.83. The van der Waals surface area contributed by atoms with Crippen LogP contribution in [0.25, 0.3) is 22.0 Å². The number of methoxy groups -OCH3 is 1. The first-order valence-electron chi connectivity index (χ1n) is 15.8. The van der Waals surface area contributed by atoms with Gasteiger partial charge in [0.25, 0.3) is 0 Å². The highest BCUT2D eigenvalue weighted by Crippen LogP contribution is 2.44. The average Bonchev–Trinajstić information content (AvgIpc) is 3.82. The molecule has 11 nitrogen and oxygen atoms in total. The number of nitrogens with zero attached hydrogens (tertiary/aromatic N) is 6. The number of morpholine rings is 1. The summed E-state index contributed by atoms with van der Waals surface area (Å²) in [4.78, 5) is 16.6. The molecule has 1 saturated carbocycles. The number of halogens is 1. The van der Waals surface area contributed by atoms with Gasteiger partial charge in [-0.25, -0.2) is 4.98 Å². The van der Waals surface area contributed by atoms with Gasteiger partial charge in [-0.3, -0.25) is 9.67 Å². The van der Waals surface area contributed by atoms with E-state index in [9.17, 15) is 4.57 Å². The first-order valence-corrected chi connectivity index (χ1v) is 19.2. The largest absolute Gasteiger partial charge is 0.494 e. The van der Waals surface area contributed by atoms with E-state index in [1.807, 2.05) is 29.1 Å². The normalized spacial score (nSPS) is 15.2. The number of ether oxygens (including phenoxy) is 2. The molecule has 0 radical (unpaired) electrons. The number of anilines is 5. The van der Waals surface area contributed by atoms with Gasteiger partial charge in [-0.2, -0.15) is 10.1 Å². The Kier molecular flexibility index (Phi) is 8.67. The van der Waals surface area contributed by atoms with Crippen LogP contribution in [0.1, 0.15) is 31.4 Å². The summed E-state index contributed by atoms with van der Waals surface area (Å²) in [5.41, 5.74) is 6.48. The predicted octanol–water partition coefficient (Wildman–Crippen LogP) is 7.13. The minimum atomic E-state index is -2.72. The molecule has 0 amide bonds. The van der Waals surface area contributed by atoms with Crippen molar-refractivity contribution in [2.45, 2.75) is 32.2 Å². The third kappa shape index (κ3) is 6.59. The lowest BCUT2D eigenvalue weighted by Crippen LogP contribution is -2.36. The number of hydrogen-bond donors (Lipinski definition) is 2. The van der Waals surface area contributed by atoms with Crippen LogP contribution in [-0.2, 0) is 15.8 Å². The third-order valence-electron chi connectivity index (χ3n) is 8.58. The number of rotatable bonds is 10. The summed E-state index contributed by atoms with van der Waals surface area (Å²) < 4.78 is 27.8. The van der Waals surface area contributed by atoms with Gasteiger partial charge in [0.2, 0.25) is 5.95 Å². The highest BCUT2D eigenvalue weighted by atomic mass is 79.9. The number of hydrogen-bond acceptors (Lipinski definition) is 10. The molecule has 2 N–H and O–H groups in total. The van der Waals surface area contributed by atoms with Gasteiger partial charge in [0, 0.05) is 77.2 Å². The van der Waals surface area contributed by atoms with Crippen LogP contribution in [0, 0.1) is 0 Å². The molecule has 2 aliphatic rings. The Morgan fingerprint density at radius 2 is 1.85 bits per heavy atom. The van der Waals surface area contributed by atoms with Crippen molar-refractivity contribution >= 4 is 68.1 Å². The van der Waals surface area contributed by atoms with Gasteiger partial charge in [-0.05, 0) is 73.3 Å². The first-order chi connectivity index (χ1) is 22.7. The Morgan fingerprint density at radius 3 is 2.55 bits per heavy atom. The van der Waals surface area contributed by atoms with Crippen LogP contribution < -0.4 is 25.6 Å². The van der Waals surface area contributed by atoms with Crippen LogP contribution in [0.15, 0.2) is 59.5 Å². The number of fused-ring (bicyclic) bond motifs is 1. The van der Waals surface area contributed by atoms with E-state index >= 15 is 0 Å². The first kappa shape index (κ1) is 31.6. The molecule has 1 aliphatic carbocycles. The van der Waals surface area contributed by atoms with E-state index in [4.69, 9.17) is 19.4 Å². The molecule has 0 bridgehead atoms. The minimum Gasteiger partial charge on any atom is -0.494 e. The molecule has 1 saturated heterocycles. The van der Waals surface area contributed by atoms with E-state index in [1.165, 1.54) is 12.8 Å². The van der Waals surface area contributed by atoms with E-state index in [0.717, 1.165) is 64.0 Å². The summed E-state index contributed by atoms with van der Waals surface area (Å²) in [6.45, 7) is 9.33. The molecule has 5 aromatic rings. The lowest BCUT2D eigenvalue weighted by molar-refractivity contribution is 0.122. The maximum atomic E-state index is 13.7. The Hall–Kier alpha value is -3.99. The highest BCUT2D eigenvalue weighted by Gasteiger charge is 2.27. The van der Waals surface area contributed by atoms with Gasteiger partial charge in [0.05, 0.1) is 47.9 Å². The topological polar surface area (TPSA) is 119 Å². The number of nitrogens with one attached hydrogen (secondary N) is 2. The molecular formula is C34H38BrN8O3P. The number of aryl methyl sites for hydroxylation is 1. The van der Waals surface area contributed by atoms with Gasteiger partial charge >= 0.3 is 0 Å². The molecule has 244 valence electrons. The lowest BCUT2D eigenvalue weighted by Gasteiger charge is -2.31. The van der Waals surface area contributed by atoms with Crippen LogP contribution in [0.4, 0.5) is 28.8 Å². The zero-order valence-electron chi connectivity index (χ0n) is 27.0. The van der Waals surface area contributed by atoms with Crippen molar-refractivity contribution in [1.82, 2.24) is 24.7 Å². The van der Waals surface area contributed by atoms with Crippen LogP contribution in [0.3, 0.4) is 0 Å². The standard InChI is InChI=1S/C34H38BrN8O3P/c1-5-43-20-22(18-37-43)24-16-29(31(45-2)17-30(24)42-12-14-46-15-13-42)40-34-36-19-25(35)33(41-34)39-28-11-10-27-23(32(28)47(3,4)44)8-9-26(38-27)21-6-7-21/h8-11,16-21H,5-7,12-15H2,1-4H3,(H2,36,39,40,41). The van der Waals surface area contributed by atoms with Crippen LogP contribution in [0.5, 0.6) is 5.75 Å². The zero-order chi connectivity index (χ0) is 32.7. The zero-order valence-corrected chi connectivity index (χ0v) is 29.4. The molecule has 3 aromatic heterocycles. The monoisotopic (exact) mass is 716 g/mol. The van der Waals surface area contributed by atoms with Crippen LogP contribution in [0.2, 0.25) is 0 Å². The van der Waals surface area contributed by atoms with Gasteiger partial charge in [-0.15, -0.1) is 0 Å². The van der Waals surface area contributed by atoms with Crippen molar-refractivity contribution in [3.05, 3.63) is 65.2 Å². The minimum absolute atomic E-state index is 0.373. The van der Waals surface area contributed by atoms with E-state index in [1.54, 1.807) is 26.6 Å². The van der Waals surface area contributed by atoms with Crippen molar-refractivity contribution in [2.75, 3.05) is 62.3 Å². The Balaban J connectivity index is 1.24. The molecular weight excluding hydrogens is 679 g/mol. The smallest absolute Gasteiger partial charge is 0.229 e. The Bertz CT molecular complexity index is 2000. The SMILES string of the molecule is CCn1cc(-c2cc(Nc3ncc(Br)c(Nc4ccc5nc(C6CC6)ccc5c4P(C)(C)=O)n3)c(OC)cc2N2CCOCC2)cn1.